The number of fused-ring (bicyclic) bond motifs is 1. The van der Waals surface area contributed by atoms with E-state index in [9.17, 15) is 4.79 Å². The van der Waals surface area contributed by atoms with Gasteiger partial charge in [0.05, 0.1) is 13.7 Å². The van der Waals surface area contributed by atoms with Crippen molar-refractivity contribution in [1.29, 1.82) is 0 Å². The average molecular weight is 287 g/mol. The van der Waals surface area contributed by atoms with Crippen LogP contribution in [-0.4, -0.2) is 23.0 Å². The number of hydrogen-bond acceptors (Lipinski definition) is 5. The van der Waals surface area contributed by atoms with Gasteiger partial charge < -0.3 is 15.2 Å². The third-order valence-electron chi connectivity index (χ3n) is 3.59. The smallest absolute Gasteiger partial charge is 0.266 e. The van der Waals surface area contributed by atoms with Gasteiger partial charge in [-0.3, -0.25) is 4.79 Å². The Kier molecular flexibility index (Phi) is 3.62. The Hall–Kier alpha value is -2.34. The van der Waals surface area contributed by atoms with Gasteiger partial charge in [-0.15, -0.1) is 0 Å². The fourth-order valence-corrected chi connectivity index (χ4v) is 2.52. The van der Waals surface area contributed by atoms with Crippen LogP contribution in [0.4, 0.5) is 0 Å². The van der Waals surface area contributed by atoms with Crippen LogP contribution in [0.5, 0.6) is 11.5 Å². The SMILES string of the molecule is COc1ccc2c(c1)O[C@H](Cn1ncccc1=O)C[C@@H]2N. The van der Waals surface area contributed by atoms with Crippen LogP contribution in [0.1, 0.15) is 18.0 Å². The van der Waals surface area contributed by atoms with Crippen molar-refractivity contribution in [2.24, 2.45) is 5.73 Å². The predicted octanol–water partition coefficient (Wildman–Crippen LogP) is 1.10. The maximum atomic E-state index is 11.7. The maximum absolute atomic E-state index is 11.7. The van der Waals surface area contributed by atoms with Crippen LogP contribution in [-0.2, 0) is 6.54 Å². The summed E-state index contributed by atoms with van der Waals surface area (Å²) >= 11 is 0. The van der Waals surface area contributed by atoms with E-state index in [-0.39, 0.29) is 17.7 Å². The zero-order chi connectivity index (χ0) is 14.8. The summed E-state index contributed by atoms with van der Waals surface area (Å²) in [6, 6.07) is 8.58. The first kappa shape index (κ1) is 13.6. The lowest BCUT2D eigenvalue weighted by Crippen LogP contribution is -2.36. The predicted molar refractivity (Wildman–Crippen MR) is 77.5 cm³/mol. The van der Waals surface area contributed by atoms with Gasteiger partial charge in [0.2, 0.25) is 0 Å². The molecule has 0 unspecified atom stereocenters. The molecule has 3 rings (SSSR count). The van der Waals surface area contributed by atoms with Gasteiger partial charge in [0.25, 0.3) is 5.56 Å². The van der Waals surface area contributed by atoms with Gasteiger partial charge >= 0.3 is 0 Å². The highest BCUT2D eigenvalue weighted by Crippen LogP contribution is 2.36. The van der Waals surface area contributed by atoms with Gasteiger partial charge in [0.1, 0.15) is 17.6 Å². The summed E-state index contributed by atoms with van der Waals surface area (Å²) in [5.41, 5.74) is 7.00. The van der Waals surface area contributed by atoms with Crippen molar-refractivity contribution in [1.82, 2.24) is 9.78 Å². The average Bonchev–Trinajstić information content (AvgIpc) is 2.49. The molecule has 0 radical (unpaired) electrons. The van der Waals surface area contributed by atoms with Crippen molar-refractivity contribution in [2.75, 3.05) is 7.11 Å². The monoisotopic (exact) mass is 287 g/mol. The molecule has 0 aliphatic carbocycles. The molecule has 0 saturated heterocycles. The Bertz CT molecular complexity index is 699. The third-order valence-corrected chi connectivity index (χ3v) is 3.59. The molecular weight excluding hydrogens is 270 g/mol. The molecule has 0 bridgehead atoms. The standard InChI is InChI=1S/C15H17N3O3/c1-20-10-4-5-12-13(16)7-11(21-14(12)8-10)9-18-15(19)3-2-6-17-18/h2-6,8,11,13H,7,9,16H2,1H3/t11-,13-/m0/s1. The number of methoxy groups -OCH3 is 1. The van der Waals surface area contributed by atoms with Crippen LogP contribution >= 0.6 is 0 Å². The van der Waals surface area contributed by atoms with Crippen molar-refractivity contribution in [3.63, 3.8) is 0 Å². The van der Waals surface area contributed by atoms with Gasteiger partial charge in [-0.05, 0) is 12.1 Å². The summed E-state index contributed by atoms with van der Waals surface area (Å²) in [5, 5.41) is 4.05. The van der Waals surface area contributed by atoms with Gasteiger partial charge in [0.15, 0.2) is 0 Å². The molecule has 2 aromatic rings. The molecule has 6 nitrogen and oxygen atoms in total. The summed E-state index contributed by atoms with van der Waals surface area (Å²) in [7, 11) is 1.61. The Balaban J connectivity index is 1.84. The minimum absolute atomic E-state index is 0.121. The molecule has 1 aromatic carbocycles. The van der Waals surface area contributed by atoms with Crippen molar-refractivity contribution in [3.05, 3.63) is 52.4 Å². The number of nitrogens with zero attached hydrogens (tertiary/aromatic N) is 2. The summed E-state index contributed by atoms with van der Waals surface area (Å²) in [4.78, 5) is 11.7. The topological polar surface area (TPSA) is 79.4 Å². The highest BCUT2D eigenvalue weighted by molar-refractivity contribution is 5.43. The lowest BCUT2D eigenvalue weighted by atomic mass is 9.97. The zero-order valence-electron chi connectivity index (χ0n) is 11.7. The van der Waals surface area contributed by atoms with Crippen molar-refractivity contribution >= 4 is 0 Å². The van der Waals surface area contributed by atoms with E-state index in [1.807, 2.05) is 18.2 Å². The lowest BCUT2D eigenvalue weighted by molar-refractivity contribution is 0.134. The van der Waals surface area contributed by atoms with Crippen LogP contribution < -0.4 is 20.8 Å². The van der Waals surface area contributed by atoms with Gasteiger partial charge in [-0.25, -0.2) is 4.68 Å². The Morgan fingerprint density at radius 1 is 1.48 bits per heavy atom. The molecule has 21 heavy (non-hydrogen) atoms. The van der Waals surface area contributed by atoms with Crippen molar-refractivity contribution in [3.8, 4) is 11.5 Å². The van der Waals surface area contributed by atoms with E-state index < -0.39 is 0 Å². The van der Waals surface area contributed by atoms with E-state index in [0.717, 1.165) is 11.3 Å². The van der Waals surface area contributed by atoms with Gasteiger partial charge in [-0.1, -0.05) is 6.07 Å². The minimum atomic E-state index is -0.188. The lowest BCUT2D eigenvalue weighted by Gasteiger charge is -2.30. The summed E-state index contributed by atoms with van der Waals surface area (Å²) < 4.78 is 12.5. The van der Waals surface area contributed by atoms with E-state index in [0.29, 0.717) is 18.7 Å². The molecule has 0 saturated carbocycles. The van der Waals surface area contributed by atoms with Crippen molar-refractivity contribution < 1.29 is 9.47 Å². The second-order valence-corrected chi connectivity index (χ2v) is 5.03. The zero-order valence-corrected chi connectivity index (χ0v) is 11.7. The second kappa shape index (κ2) is 5.57. The Labute approximate surface area is 122 Å². The van der Waals surface area contributed by atoms with Gasteiger partial charge in [0, 0.05) is 36.4 Å². The minimum Gasteiger partial charge on any atom is -0.497 e. The van der Waals surface area contributed by atoms with E-state index in [4.69, 9.17) is 15.2 Å². The van der Waals surface area contributed by atoms with Gasteiger partial charge in [-0.2, -0.15) is 5.10 Å². The Morgan fingerprint density at radius 2 is 2.33 bits per heavy atom. The Morgan fingerprint density at radius 3 is 3.10 bits per heavy atom. The van der Waals surface area contributed by atoms with E-state index in [1.165, 1.54) is 10.7 Å². The number of aromatic nitrogens is 2. The molecule has 0 spiro atoms. The molecular formula is C15H17N3O3. The molecule has 1 aromatic heterocycles. The molecule has 0 amide bonds. The van der Waals surface area contributed by atoms with Crippen LogP contribution in [0, 0.1) is 0 Å². The van der Waals surface area contributed by atoms with Crippen LogP contribution in [0.25, 0.3) is 0 Å². The number of nitrogens with two attached hydrogens (primary N) is 1. The summed E-state index contributed by atoms with van der Waals surface area (Å²) in [6.07, 6.45) is 2.04. The highest BCUT2D eigenvalue weighted by Gasteiger charge is 2.27. The molecule has 6 heteroatoms. The first-order chi connectivity index (χ1) is 10.2. The molecule has 1 aliphatic rings. The summed E-state index contributed by atoms with van der Waals surface area (Å²) in [6.45, 7) is 0.379. The van der Waals surface area contributed by atoms with E-state index >= 15 is 0 Å². The van der Waals surface area contributed by atoms with E-state index in [1.54, 1.807) is 19.4 Å². The van der Waals surface area contributed by atoms with Crippen LogP contribution in [0.2, 0.25) is 0 Å². The molecule has 2 atom stereocenters. The maximum Gasteiger partial charge on any atom is 0.266 e. The van der Waals surface area contributed by atoms with E-state index in [2.05, 4.69) is 5.10 Å². The third kappa shape index (κ3) is 2.75. The fourth-order valence-electron chi connectivity index (χ4n) is 2.52. The second-order valence-electron chi connectivity index (χ2n) is 5.03. The number of ether oxygens (including phenoxy) is 2. The van der Waals surface area contributed by atoms with Crippen LogP contribution in [0.3, 0.4) is 0 Å². The number of benzene rings is 1. The molecule has 2 heterocycles. The highest BCUT2D eigenvalue weighted by atomic mass is 16.5. The van der Waals surface area contributed by atoms with Crippen LogP contribution in [0.15, 0.2) is 41.3 Å². The molecule has 110 valence electrons. The first-order valence-corrected chi connectivity index (χ1v) is 6.79. The molecule has 1 aliphatic heterocycles. The molecule has 2 N–H and O–H groups in total. The first-order valence-electron chi connectivity index (χ1n) is 6.79. The number of rotatable bonds is 3. The molecule has 0 fully saturated rings. The normalized spacial score (nSPS) is 20.5. The largest absolute Gasteiger partial charge is 0.497 e. The quantitative estimate of drug-likeness (QED) is 0.914. The number of hydrogen-bond donors (Lipinski definition) is 1. The summed E-state index contributed by atoms with van der Waals surface area (Å²) in [5.74, 6) is 1.43. The fraction of sp³-hybridized carbons (Fsp3) is 0.333. The van der Waals surface area contributed by atoms with Crippen molar-refractivity contribution in [2.45, 2.75) is 25.1 Å².